The van der Waals surface area contributed by atoms with Gasteiger partial charge >= 0.3 is 0 Å². The largest absolute Gasteiger partial charge is 0.370 e. The Bertz CT molecular complexity index is 502. The summed E-state index contributed by atoms with van der Waals surface area (Å²) in [5, 5.41) is 0. The summed E-state index contributed by atoms with van der Waals surface area (Å²) in [6.45, 7) is 6.62. The van der Waals surface area contributed by atoms with Crippen molar-refractivity contribution < 1.29 is 4.79 Å². The Morgan fingerprint density at radius 3 is 2.62 bits per heavy atom. The molecule has 2 aliphatic rings. The second kappa shape index (κ2) is 5.82. The summed E-state index contributed by atoms with van der Waals surface area (Å²) >= 11 is 0. The number of anilines is 1. The van der Waals surface area contributed by atoms with Crippen molar-refractivity contribution in [2.24, 2.45) is 17.3 Å². The molecule has 1 heterocycles. The van der Waals surface area contributed by atoms with Gasteiger partial charge < -0.3 is 9.69 Å². The lowest BCUT2D eigenvalue weighted by Crippen LogP contribution is -2.45. The third-order valence-corrected chi connectivity index (χ3v) is 5.46. The lowest BCUT2D eigenvalue weighted by molar-refractivity contribution is -0.117. The molecule has 1 atom stereocenters. The van der Waals surface area contributed by atoms with E-state index in [2.05, 4.69) is 43.0 Å². The highest BCUT2D eigenvalue weighted by Gasteiger charge is 2.37. The fraction of sp³-hybridized carbons (Fsp3) is 0.632. The quantitative estimate of drug-likeness (QED) is 0.780. The molecule has 0 amide bonds. The topological polar surface area (TPSA) is 20.3 Å². The summed E-state index contributed by atoms with van der Waals surface area (Å²) in [4.78, 5) is 14.3. The van der Waals surface area contributed by atoms with E-state index in [1.54, 1.807) is 0 Å². The van der Waals surface area contributed by atoms with Gasteiger partial charge in [0.25, 0.3) is 0 Å². The van der Waals surface area contributed by atoms with Gasteiger partial charge in [0.1, 0.15) is 6.29 Å². The fourth-order valence-electron chi connectivity index (χ4n) is 4.09. The van der Waals surface area contributed by atoms with Crippen LogP contribution in [0.1, 0.15) is 45.1 Å². The van der Waals surface area contributed by atoms with Crippen molar-refractivity contribution in [2.45, 2.75) is 46.0 Å². The zero-order valence-electron chi connectivity index (χ0n) is 13.3. The number of hydrogen-bond acceptors (Lipinski definition) is 2. The van der Waals surface area contributed by atoms with Gasteiger partial charge in [0.15, 0.2) is 0 Å². The number of hydrogen-bond donors (Lipinski definition) is 0. The van der Waals surface area contributed by atoms with E-state index >= 15 is 0 Å². The average molecular weight is 285 g/mol. The first-order valence-electron chi connectivity index (χ1n) is 8.41. The minimum atomic E-state index is -0.114. The molecule has 114 valence electrons. The fourth-order valence-corrected chi connectivity index (χ4v) is 4.09. The highest BCUT2D eigenvalue weighted by molar-refractivity contribution is 5.63. The molecule has 2 heteroatoms. The highest BCUT2D eigenvalue weighted by Crippen LogP contribution is 2.40. The van der Waals surface area contributed by atoms with Crippen LogP contribution in [0.25, 0.3) is 0 Å². The Morgan fingerprint density at radius 2 is 1.90 bits per heavy atom. The van der Waals surface area contributed by atoms with Crippen molar-refractivity contribution in [1.29, 1.82) is 0 Å². The molecule has 3 rings (SSSR count). The molecular weight excluding hydrogens is 258 g/mol. The molecule has 1 fully saturated rings. The predicted molar refractivity (Wildman–Crippen MR) is 87.7 cm³/mol. The van der Waals surface area contributed by atoms with Crippen LogP contribution in [-0.2, 0) is 11.2 Å². The molecule has 0 radical (unpaired) electrons. The highest BCUT2D eigenvalue weighted by atomic mass is 16.1. The smallest absolute Gasteiger partial charge is 0.127 e. The van der Waals surface area contributed by atoms with Gasteiger partial charge in [-0.15, -0.1) is 0 Å². The maximum Gasteiger partial charge on any atom is 0.127 e. The van der Waals surface area contributed by atoms with E-state index in [-0.39, 0.29) is 5.41 Å². The van der Waals surface area contributed by atoms with E-state index in [0.29, 0.717) is 5.92 Å². The maximum atomic E-state index is 11.8. The molecule has 0 aromatic heterocycles. The summed E-state index contributed by atoms with van der Waals surface area (Å²) in [5.41, 5.74) is 2.69. The van der Waals surface area contributed by atoms with E-state index in [0.717, 1.165) is 38.3 Å². The van der Waals surface area contributed by atoms with Gasteiger partial charge in [-0.05, 0) is 55.6 Å². The minimum absolute atomic E-state index is 0.114. The van der Waals surface area contributed by atoms with Crippen molar-refractivity contribution >= 4 is 12.0 Å². The molecule has 0 spiro atoms. The number of carbonyl (C=O) groups is 1. The number of benzene rings is 1. The van der Waals surface area contributed by atoms with Crippen LogP contribution in [0.3, 0.4) is 0 Å². The van der Waals surface area contributed by atoms with Crippen LogP contribution < -0.4 is 4.90 Å². The molecule has 1 aromatic rings. The van der Waals surface area contributed by atoms with Crippen molar-refractivity contribution in [3.05, 3.63) is 29.8 Å². The van der Waals surface area contributed by atoms with E-state index < -0.39 is 0 Å². The van der Waals surface area contributed by atoms with Gasteiger partial charge in [0.2, 0.25) is 0 Å². The van der Waals surface area contributed by atoms with Gasteiger partial charge in [-0.1, -0.05) is 32.0 Å². The molecule has 0 N–H and O–H groups in total. The van der Waals surface area contributed by atoms with E-state index in [1.165, 1.54) is 30.4 Å². The normalized spacial score (nSPS) is 32.6. The van der Waals surface area contributed by atoms with Crippen molar-refractivity contribution in [1.82, 2.24) is 0 Å². The van der Waals surface area contributed by atoms with Gasteiger partial charge in [0, 0.05) is 24.2 Å². The van der Waals surface area contributed by atoms with Crippen molar-refractivity contribution in [2.75, 3.05) is 18.0 Å². The van der Waals surface area contributed by atoms with Crippen LogP contribution >= 0.6 is 0 Å². The predicted octanol–water partition coefficient (Wildman–Crippen LogP) is 4.08. The van der Waals surface area contributed by atoms with E-state index in [9.17, 15) is 4.79 Å². The van der Waals surface area contributed by atoms with Gasteiger partial charge in [-0.3, -0.25) is 0 Å². The van der Waals surface area contributed by atoms with E-state index in [1.807, 2.05) is 0 Å². The summed E-state index contributed by atoms with van der Waals surface area (Å²) < 4.78 is 0. The van der Waals surface area contributed by atoms with Crippen LogP contribution in [0, 0.1) is 17.3 Å². The Kier molecular flexibility index (Phi) is 4.05. The summed E-state index contributed by atoms with van der Waals surface area (Å²) in [6.07, 6.45) is 6.95. The molecule has 1 unspecified atom stereocenters. The van der Waals surface area contributed by atoms with Crippen LogP contribution in [0.4, 0.5) is 5.69 Å². The monoisotopic (exact) mass is 285 g/mol. The first kappa shape index (κ1) is 14.6. The number of carbonyl (C=O) groups excluding carboxylic acids is 1. The maximum absolute atomic E-state index is 11.8. The standard InChI is InChI=1S/C19H27NO/c1-15-7-9-19(14-21,10-8-15)13-20-12-16(2)11-17-5-3-4-6-18(17)20/h3-6,14-16H,7-13H2,1-2H3. The van der Waals surface area contributed by atoms with Crippen LogP contribution in [0.15, 0.2) is 24.3 Å². The van der Waals surface area contributed by atoms with Gasteiger partial charge in [0.05, 0.1) is 0 Å². The number of fused-ring (bicyclic) bond motifs is 1. The van der Waals surface area contributed by atoms with Crippen molar-refractivity contribution in [3.63, 3.8) is 0 Å². The molecule has 1 aromatic carbocycles. The van der Waals surface area contributed by atoms with Gasteiger partial charge in [-0.2, -0.15) is 0 Å². The van der Waals surface area contributed by atoms with Crippen LogP contribution in [-0.4, -0.2) is 19.4 Å². The first-order chi connectivity index (χ1) is 10.1. The molecule has 0 saturated heterocycles. The Labute approximate surface area is 128 Å². The van der Waals surface area contributed by atoms with Gasteiger partial charge in [-0.25, -0.2) is 0 Å². The zero-order valence-corrected chi connectivity index (χ0v) is 13.3. The lowest BCUT2D eigenvalue weighted by atomic mass is 9.71. The summed E-state index contributed by atoms with van der Waals surface area (Å²) in [6, 6.07) is 8.73. The Balaban J connectivity index is 1.82. The molecule has 1 aliphatic carbocycles. The number of nitrogens with zero attached hydrogens (tertiary/aromatic N) is 1. The molecule has 1 saturated carbocycles. The second-order valence-electron chi connectivity index (χ2n) is 7.48. The summed E-state index contributed by atoms with van der Waals surface area (Å²) in [7, 11) is 0. The third-order valence-electron chi connectivity index (χ3n) is 5.46. The molecule has 2 nitrogen and oxygen atoms in total. The SMILES string of the molecule is CC1CCC(C=O)(CN2CC(C)Cc3ccccc32)CC1. The second-order valence-corrected chi connectivity index (χ2v) is 7.48. The number of rotatable bonds is 3. The summed E-state index contributed by atoms with van der Waals surface area (Å²) in [5.74, 6) is 1.46. The molecular formula is C19H27NO. The average Bonchev–Trinajstić information content (AvgIpc) is 2.50. The molecule has 0 bridgehead atoms. The third kappa shape index (κ3) is 3.00. The first-order valence-corrected chi connectivity index (χ1v) is 8.41. The number of aldehydes is 1. The molecule has 1 aliphatic heterocycles. The Morgan fingerprint density at radius 1 is 1.19 bits per heavy atom. The van der Waals surface area contributed by atoms with Crippen LogP contribution in [0.2, 0.25) is 0 Å². The van der Waals surface area contributed by atoms with Crippen molar-refractivity contribution in [3.8, 4) is 0 Å². The minimum Gasteiger partial charge on any atom is -0.370 e. The zero-order chi connectivity index (χ0) is 14.9. The number of para-hydroxylation sites is 1. The van der Waals surface area contributed by atoms with E-state index in [4.69, 9.17) is 0 Å². The lowest BCUT2D eigenvalue weighted by Gasteiger charge is -2.43. The molecule has 21 heavy (non-hydrogen) atoms. The van der Waals surface area contributed by atoms with Crippen LogP contribution in [0.5, 0.6) is 0 Å². The Hall–Kier alpha value is -1.31.